The van der Waals surface area contributed by atoms with Crippen molar-refractivity contribution in [1.29, 1.82) is 0 Å². The summed E-state index contributed by atoms with van der Waals surface area (Å²) in [6, 6.07) is 4.01. The van der Waals surface area contributed by atoms with Crippen LogP contribution in [0.4, 0.5) is 0 Å². The Balaban J connectivity index is 2.58. The number of aryl methyl sites for hydroxylation is 2. The van der Waals surface area contributed by atoms with Gasteiger partial charge in [0, 0.05) is 10.0 Å². The molecule has 0 fully saturated rings. The Morgan fingerprint density at radius 1 is 1.27 bits per heavy atom. The van der Waals surface area contributed by atoms with Gasteiger partial charge in [-0.3, -0.25) is 4.79 Å². The van der Waals surface area contributed by atoms with Gasteiger partial charge in [-0.15, -0.1) is 0 Å². The van der Waals surface area contributed by atoms with Gasteiger partial charge in [0.05, 0.1) is 0 Å². The minimum absolute atomic E-state index is 0.767. The first-order valence-corrected chi connectivity index (χ1v) is 4.37. The van der Waals surface area contributed by atoms with Crippen LogP contribution in [-0.2, 0) is 12.8 Å². The van der Waals surface area contributed by atoms with E-state index in [4.69, 9.17) is 0 Å². The molecule has 0 saturated carbocycles. The summed E-state index contributed by atoms with van der Waals surface area (Å²) in [5.41, 5.74) is 3.47. The molecular weight excluding hydrogens is 204 g/mol. The fourth-order valence-electron chi connectivity index (χ4n) is 1.33. The first-order valence-electron chi connectivity index (χ1n) is 3.58. The monoisotopic (exact) mass is 210 g/mol. The van der Waals surface area contributed by atoms with Crippen LogP contribution in [0.2, 0.25) is 0 Å². The number of carbonyl (C=O) groups excluding carboxylic acids is 1. The first-order chi connectivity index (χ1) is 5.31. The van der Waals surface area contributed by atoms with Crippen LogP contribution in [0.5, 0.6) is 0 Å². The fraction of sp³-hybridized carbons (Fsp3) is 0.222. The Morgan fingerprint density at radius 3 is 2.45 bits per heavy atom. The molecule has 0 atom stereocenters. The molecular formula is C9H7BrO. The van der Waals surface area contributed by atoms with Crippen LogP contribution < -0.4 is 0 Å². The Hall–Kier alpha value is -0.630. The van der Waals surface area contributed by atoms with E-state index in [-0.39, 0.29) is 0 Å². The van der Waals surface area contributed by atoms with Crippen molar-refractivity contribution >= 4 is 22.2 Å². The molecule has 2 heteroatoms. The lowest BCUT2D eigenvalue weighted by molar-refractivity contribution is 0.112. The van der Waals surface area contributed by atoms with Crippen molar-refractivity contribution in [2.75, 3.05) is 0 Å². The van der Waals surface area contributed by atoms with Gasteiger partial charge in [0.15, 0.2) is 6.29 Å². The molecule has 0 aliphatic heterocycles. The molecule has 0 spiro atoms. The number of carbonyl (C=O) groups is 1. The van der Waals surface area contributed by atoms with Gasteiger partial charge in [0.2, 0.25) is 0 Å². The number of aldehydes is 1. The van der Waals surface area contributed by atoms with Crippen LogP contribution in [-0.4, -0.2) is 6.29 Å². The van der Waals surface area contributed by atoms with Crippen LogP contribution in [0.25, 0.3) is 0 Å². The second-order valence-corrected chi connectivity index (χ2v) is 3.61. The molecule has 0 bridgehead atoms. The Bertz CT molecular complexity index is 318. The molecule has 11 heavy (non-hydrogen) atoms. The zero-order valence-electron chi connectivity index (χ0n) is 5.93. The van der Waals surface area contributed by atoms with E-state index >= 15 is 0 Å². The molecule has 0 amide bonds. The number of hydrogen-bond donors (Lipinski definition) is 0. The lowest BCUT2D eigenvalue weighted by Crippen LogP contribution is -2.08. The molecule has 0 N–H and O–H groups in total. The Morgan fingerprint density at radius 2 is 1.91 bits per heavy atom. The van der Waals surface area contributed by atoms with Crippen LogP contribution >= 0.6 is 15.9 Å². The van der Waals surface area contributed by atoms with Gasteiger partial charge in [-0.1, -0.05) is 15.9 Å². The SMILES string of the molecule is O=Cc1cc2c(cc1Br)CC2. The molecule has 0 saturated heterocycles. The lowest BCUT2D eigenvalue weighted by atomic mass is 9.87. The number of fused-ring (bicyclic) bond motifs is 1. The normalized spacial score (nSPS) is 13.5. The number of benzene rings is 1. The zero-order valence-corrected chi connectivity index (χ0v) is 7.52. The van der Waals surface area contributed by atoms with E-state index in [1.165, 1.54) is 11.1 Å². The maximum absolute atomic E-state index is 10.5. The van der Waals surface area contributed by atoms with E-state index in [0.29, 0.717) is 0 Å². The van der Waals surface area contributed by atoms with E-state index < -0.39 is 0 Å². The third-order valence-corrected chi connectivity index (χ3v) is 2.80. The minimum Gasteiger partial charge on any atom is -0.298 e. The number of rotatable bonds is 1. The summed E-state index contributed by atoms with van der Waals surface area (Å²) in [6.07, 6.45) is 3.18. The lowest BCUT2D eigenvalue weighted by Gasteiger charge is -2.19. The molecule has 0 radical (unpaired) electrons. The average molecular weight is 211 g/mol. The summed E-state index contributed by atoms with van der Waals surface area (Å²) in [6.45, 7) is 0. The van der Waals surface area contributed by atoms with Gasteiger partial charge in [-0.2, -0.15) is 0 Å². The number of hydrogen-bond acceptors (Lipinski definition) is 1. The van der Waals surface area contributed by atoms with Crippen molar-refractivity contribution in [2.24, 2.45) is 0 Å². The summed E-state index contributed by atoms with van der Waals surface area (Å²) < 4.78 is 0.922. The molecule has 0 heterocycles. The van der Waals surface area contributed by atoms with Crippen LogP contribution in [0, 0.1) is 0 Å². The van der Waals surface area contributed by atoms with E-state index in [1.54, 1.807) is 0 Å². The third-order valence-electron chi connectivity index (χ3n) is 2.11. The minimum atomic E-state index is 0.767. The maximum Gasteiger partial charge on any atom is 0.151 e. The second-order valence-electron chi connectivity index (χ2n) is 2.76. The highest BCUT2D eigenvalue weighted by molar-refractivity contribution is 9.10. The zero-order chi connectivity index (χ0) is 7.84. The summed E-state index contributed by atoms with van der Waals surface area (Å²) in [5.74, 6) is 0. The van der Waals surface area contributed by atoms with Crippen molar-refractivity contribution in [3.05, 3.63) is 33.3 Å². The molecule has 0 unspecified atom stereocenters. The van der Waals surface area contributed by atoms with Crippen LogP contribution in [0.15, 0.2) is 16.6 Å². The molecule has 0 aromatic heterocycles. The maximum atomic E-state index is 10.5. The van der Waals surface area contributed by atoms with E-state index in [1.807, 2.05) is 12.1 Å². The largest absolute Gasteiger partial charge is 0.298 e. The van der Waals surface area contributed by atoms with Crippen molar-refractivity contribution in [3.63, 3.8) is 0 Å². The highest BCUT2D eigenvalue weighted by atomic mass is 79.9. The molecule has 1 nitrogen and oxygen atoms in total. The fourth-order valence-corrected chi connectivity index (χ4v) is 1.81. The van der Waals surface area contributed by atoms with Gasteiger partial charge in [0.1, 0.15) is 0 Å². The van der Waals surface area contributed by atoms with Gasteiger partial charge >= 0.3 is 0 Å². The Labute approximate surface area is 73.5 Å². The third kappa shape index (κ3) is 1.02. The second kappa shape index (κ2) is 2.45. The van der Waals surface area contributed by atoms with E-state index in [9.17, 15) is 4.79 Å². The quantitative estimate of drug-likeness (QED) is 0.651. The van der Waals surface area contributed by atoms with Gasteiger partial charge in [-0.25, -0.2) is 0 Å². The molecule has 1 aliphatic carbocycles. The van der Waals surface area contributed by atoms with Crippen molar-refractivity contribution < 1.29 is 4.79 Å². The van der Waals surface area contributed by atoms with Gasteiger partial charge in [0.25, 0.3) is 0 Å². The van der Waals surface area contributed by atoms with Gasteiger partial charge < -0.3 is 0 Å². The summed E-state index contributed by atoms with van der Waals surface area (Å²) in [7, 11) is 0. The molecule has 1 aromatic rings. The van der Waals surface area contributed by atoms with Crippen molar-refractivity contribution in [3.8, 4) is 0 Å². The predicted octanol–water partition coefficient (Wildman–Crippen LogP) is 2.36. The summed E-state index contributed by atoms with van der Waals surface area (Å²) in [4.78, 5) is 10.5. The highest BCUT2D eigenvalue weighted by Crippen LogP contribution is 2.28. The number of halogens is 1. The first kappa shape index (κ1) is 7.04. The van der Waals surface area contributed by atoms with Gasteiger partial charge in [-0.05, 0) is 36.1 Å². The topological polar surface area (TPSA) is 17.1 Å². The molecule has 1 aromatic carbocycles. The average Bonchev–Trinajstić information content (AvgIpc) is 1.97. The van der Waals surface area contributed by atoms with Crippen molar-refractivity contribution in [2.45, 2.75) is 12.8 Å². The molecule has 56 valence electrons. The molecule has 2 rings (SSSR count). The van der Waals surface area contributed by atoms with Crippen molar-refractivity contribution in [1.82, 2.24) is 0 Å². The summed E-state index contributed by atoms with van der Waals surface area (Å²) in [5, 5.41) is 0. The van der Waals surface area contributed by atoms with Crippen LogP contribution in [0.1, 0.15) is 21.5 Å². The van der Waals surface area contributed by atoms with E-state index in [0.717, 1.165) is 29.2 Å². The Kier molecular flexibility index (Phi) is 1.57. The molecule has 1 aliphatic rings. The van der Waals surface area contributed by atoms with Crippen LogP contribution in [0.3, 0.4) is 0 Å². The smallest absolute Gasteiger partial charge is 0.151 e. The predicted molar refractivity (Wildman–Crippen MR) is 46.9 cm³/mol. The summed E-state index contributed by atoms with van der Waals surface area (Å²) >= 11 is 3.34. The van der Waals surface area contributed by atoms with E-state index in [2.05, 4.69) is 15.9 Å². The highest BCUT2D eigenvalue weighted by Gasteiger charge is 2.14. The standard InChI is InChI=1S/C9H7BrO/c10-9-4-7-2-1-6(7)3-8(9)5-11/h3-5H,1-2H2.